The SMILES string of the molecule is Cn1cnnc1C(F)c1cccc(Br)c1. The lowest BCUT2D eigenvalue weighted by atomic mass is 10.1. The highest BCUT2D eigenvalue weighted by atomic mass is 79.9. The molecular formula is C10H9BrFN3. The van der Waals surface area contributed by atoms with Crippen LogP contribution in [0.25, 0.3) is 0 Å². The van der Waals surface area contributed by atoms with Gasteiger partial charge in [0.2, 0.25) is 0 Å². The summed E-state index contributed by atoms with van der Waals surface area (Å²) in [5.41, 5.74) is 0.570. The van der Waals surface area contributed by atoms with Crippen LogP contribution >= 0.6 is 15.9 Å². The summed E-state index contributed by atoms with van der Waals surface area (Å²) in [6.45, 7) is 0. The molecule has 1 unspecified atom stereocenters. The Morgan fingerprint density at radius 1 is 1.47 bits per heavy atom. The molecule has 0 N–H and O–H groups in total. The van der Waals surface area contributed by atoms with Gasteiger partial charge in [-0.15, -0.1) is 10.2 Å². The van der Waals surface area contributed by atoms with Gasteiger partial charge in [0, 0.05) is 11.5 Å². The lowest BCUT2D eigenvalue weighted by molar-refractivity contribution is 0.374. The Balaban J connectivity index is 2.36. The van der Waals surface area contributed by atoms with Crippen LogP contribution in [0.15, 0.2) is 35.1 Å². The summed E-state index contributed by atoms with van der Waals surface area (Å²) in [6.07, 6.45) is 0.245. The topological polar surface area (TPSA) is 30.7 Å². The van der Waals surface area contributed by atoms with Gasteiger partial charge in [0.1, 0.15) is 6.33 Å². The smallest absolute Gasteiger partial charge is 0.185 e. The van der Waals surface area contributed by atoms with Crippen molar-refractivity contribution in [1.82, 2.24) is 14.8 Å². The monoisotopic (exact) mass is 269 g/mol. The fourth-order valence-electron chi connectivity index (χ4n) is 1.33. The van der Waals surface area contributed by atoms with E-state index in [-0.39, 0.29) is 0 Å². The molecule has 2 rings (SSSR count). The summed E-state index contributed by atoms with van der Waals surface area (Å²) in [5.74, 6) is 0.313. The van der Waals surface area contributed by atoms with Crippen molar-refractivity contribution in [2.45, 2.75) is 6.17 Å². The average Bonchev–Trinajstić information content (AvgIpc) is 2.63. The van der Waals surface area contributed by atoms with Crippen LogP contribution in [0.5, 0.6) is 0 Å². The van der Waals surface area contributed by atoms with Crippen molar-refractivity contribution in [3.63, 3.8) is 0 Å². The molecule has 0 saturated heterocycles. The molecule has 0 aliphatic heterocycles. The normalized spacial score (nSPS) is 12.7. The molecule has 0 amide bonds. The third-order valence-corrected chi connectivity index (χ3v) is 2.61. The van der Waals surface area contributed by atoms with Gasteiger partial charge in [0.05, 0.1) is 0 Å². The predicted octanol–water partition coefficient (Wildman–Crippen LogP) is 2.64. The van der Waals surface area contributed by atoms with Crippen molar-refractivity contribution < 1.29 is 4.39 Å². The van der Waals surface area contributed by atoms with Crippen molar-refractivity contribution in [1.29, 1.82) is 0 Å². The van der Waals surface area contributed by atoms with Crippen LogP contribution in [0.3, 0.4) is 0 Å². The summed E-state index contributed by atoms with van der Waals surface area (Å²) >= 11 is 3.30. The highest BCUT2D eigenvalue weighted by Crippen LogP contribution is 2.25. The van der Waals surface area contributed by atoms with E-state index < -0.39 is 6.17 Å². The lowest BCUT2D eigenvalue weighted by Crippen LogP contribution is -2.02. The van der Waals surface area contributed by atoms with E-state index in [2.05, 4.69) is 26.1 Å². The highest BCUT2D eigenvalue weighted by molar-refractivity contribution is 9.10. The van der Waals surface area contributed by atoms with Crippen molar-refractivity contribution in [2.24, 2.45) is 7.05 Å². The number of aromatic nitrogens is 3. The van der Waals surface area contributed by atoms with Gasteiger partial charge >= 0.3 is 0 Å². The maximum Gasteiger partial charge on any atom is 0.185 e. The minimum absolute atomic E-state index is 0.313. The summed E-state index contributed by atoms with van der Waals surface area (Å²) < 4.78 is 16.4. The van der Waals surface area contributed by atoms with Crippen molar-refractivity contribution in [2.75, 3.05) is 0 Å². The van der Waals surface area contributed by atoms with Crippen molar-refractivity contribution in [3.05, 3.63) is 46.5 Å². The van der Waals surface area contributed by atoms with E-state index in [1.807, 2.05) is 6.07 Å². The summed E-state index contributed by atoms with van der Waals surface area (Å²) in [5, 5.41) is 7.40. The first-order chi connectivity index (χ1) is 7.18. The van der Waals surface area contributed by atoms with E-state index in [0.29, 0.717) is 11.4 Å². The van der Waals surface area contributed by atoms with Crippen LogP contribution < -0.4 is 0 Å². The van der Waals surface area contributed by atoms with Crippen LogP contribution in [0.2, 0.25) is 0 Å². The van der Waals surface area contributed by atoms with Gasteiger partial charge in [0.25, 0.3) is 0 Å². The molecular weight excluding hydrogens is 261 g/mol. The number of hydrogen-bond donors (Lipinski definition) is 0. The van der Waals surface area contributed by atoms with Crippen LogP contribution in [-0.4, -0.2) is 14.8 Å². The number of alkyl halides is 1. The first-order valence-electron chi connectivity index (χ1n) is 4.42. The molecule has 5 heteroatoms. The molecule has 15 heavy (non-hydrogen) atoms. The fourth-order valence-corrected chi connectivity index (χ4v) is 1.75. The van der Waals surface area contributed by atoms with Crippen LogP contribution in [0.4, 0.5) is 4.39 Å². The second kappa shape index (κ2) is 4.10. The van der Waals surface area contributed by atoms with Crippen LogP contribution in [0, 0.1) is 0 Å². The number of hydrogen-bond acceptors (Lipinski definition) is 2. The minimum atomic E-state index is -1.24. The lowest BCUT2D eigenvalue weighted by Gasteiger charge is -2.07. The Labute approximate surface area is 95.1 Å². The molecule has 2 aromatic rings. The molecule has 1 atom stereocenters. The molecule has 0 spiro atoms. The standard InChI is InChI=1S/C10H9BrFN3/c1-15-6-13-14-10(15)9(12)7-3-2-4-8(11)5-7/h2-6,9H,1H3. The molecule has 0 radical (unpaired) electrons. The van der Waals surface area contributed by atoms with E-state index in [9.17, 15) is 4.39 Å². The summed E-state index contributed by atoms with van der Waals surface area (Å²) in [4.78, 5) is 0. The summed E-state index contributed by atoms with van der Waals surface area (Å²) in [7, 11) is 1.72. The number of halogens is 2. The van der Waals surface area contributed by atoms with E-state index in [0.717, 1.165) is 4.47 Å². The van der Waals surface area contributed by atoms with E-state index >= 15 is 0 Å². The molecule has 0 aliphatic rings. The number of rotatable bonds is 2. The Bertz CT molecular complexity index is 469. The quantitative estimate of drug-likeness (QED) is 0.839. The Morgan fingerprint density at radius 2 is 2.27 bits per heavy atom. The largest absolute Gasteiger partial charge is 0.318 e. The number of nitrogens with zero attached hydrogens (tertiary/aromatic N) is 3. The maximum atomic E-state index is 14.0. The molecule has 0 aliphatic carbocycles. The zero-order chi connectivity index (χ0) is 10.8. The molecule has 0 bridgehead atoms. The molecule has 78 valence electrons. The highest BCUT2D eigenvalue weighted by Gasteiger charge is 2.17. The van der Waals surface area contributed by atoms with Crippen molar-refractivity contribution >= 4 is 15.9 Å². The van der Waals surface area contributed by atoms with Crippen LogP contribution in [0.1, 0.15) is 17.6 Å². The molecule has 3 nitrogen and oxygen atoms in total. The first kappa shape index (κ1) is 10.3. The fraction of sp³-hybridized carbons (Fsp3) is 0.200. The van der Waals surface area contributed by atoms with Gasteiger partial charge in [-0.3, -0.25) is 0 Å². The predicted molar refractivity (Wildman–Crippen MR) is 58.1 cm³/mol. The van der Waals surface area contributed by atoms with Gasteiger partial charge in [0.15, 0.2) is 12.0 Å². The third-order valence-electron chi connectivity index (χ3n) is 2.11. The Morgan fingerprint density at radius 3 is 2.87 bits per heavy atom. The third kappa shape index (κ3) is 2.07. The molecule has 1 aromatic carbocycles. The summed E-state index contributed by atoms with van der Waals surface area (Å²) in [6, 6.07) is 7.11. The van der Waals surface area contributed by atoms with Gasteiger partial charge in [-0.25, -0.2) is 4.39 Å². The van der Waals surface area contributed by atoms with Gasteiger partial charge in [-0.2, -0.15) is 0 Å². The molecule has 0 fully saturated rings. The second-order valence-electron chi connectivity index (χ2n) is 3.22. The van der Waals surface area contributed by atoms with Crippen molar-refractivity contribution in [3.8, 4) is 0 Å². The van der Waals surface area contributed by atoms with E-state index in [1.54, 1.807) is 29.8 Å². The first-order valence-corrected chi connectivity index (χ1v) is 5.21. The van der Waals surface area contributed by atoms with Crippen LogP contribution in [-0.2, 0) is 7.05 Å². The maximum absolute atomic E-state index is 14.0. The van der Waals surface area contributed by atoms with Gasteiger partial charge in [-0.05, 0) is 17.7 Å². The average molecular weight is 270 g/mol. The Hall–Kier alpha value is -1.23. The number of benzene rings is 1. The van der Waals surface area contributed by atoms with E-state index in [1.165, 1.54) is 6.33 Å². The van der Waals surface area contributed by atoms with Gasteiger partial charge < -0.3 is 4.57 Å². The molecule has 0 saturated carbocycles. The number of aryl methyl sites for hydroxylation is 1. The zero-order valence-corrected chi connectivity index (χ0v) is 9.65. The molecule has 1 heterocycles. The van der Waals surface area contributed by atoms with Gasteiger partial charge in [-0.1, -0.05) is 28.1 Å². The molecule has 1 aromatic heterocycles. The Kier molecular flexibility index (Phi) is 2.81. The zero-order valence-electron chi connectivity index (χ0n) is 8.06. The second-order valence-corrected chi connectivity index (χ2v) is 4.13. The van der Waals surface area contributed by atoms with E-state index in [4.69, 9.17) is 0 Å². The minimum Gasteiger partial charge on any atom is -0.318 e.